The minimum absolute atomic E-state index is 0.0259. The highest BCUT2D eigenvalue weighted by Crippen LogP contribution is 2.21. The number of ether oxygens (including phenoxy) is 1. The van der Waals surface area contributed by atoms with Crippen LogP contribution in [0.1, 0.15) is 25.3 Å². The Labute approximate surface area is 189 Å². The summed E-state index contributed by atoms with van der Waals surface area (Å²) in [5.74, 6) is 1.35. The molecule has 4 rings (SSSR count). The summed E-state index contributed by atoms with van der Waals surface area (Å²) in [6.45, 7) is 6.99. The van der Waals surface area contributed by atoms with Crippen LogP contribution in [-0.2, 0) is 27.8 Å². The number of hydrogen-bond acceptors (Lipinski definition) is 7. The van der Waals surface area contributed by atoms with Crippen LogP contribution >= 0.6 is 12.2 Å². The van der Waals surface area contributed by atoms with Gasteiger partial charge < -0.3 is 9.64 Å². The Morgan fingerprint density at radius 1 is 1.23 bits per heavy atom. The molecule has 170 valence electrons. The molecule has 10 heteroatoms. The van der Waals surface area contributed by atoms with Crippen LogP contribution in [0, 0.1) is 4.77 Å². The summed E-state index contributed by atoms with van der Waals surface area (Å²) >= 11 is 5.86. The van der Waals surface area contributed by atoms with E-state index in [1.165, 1.54) is 5.56 Å². The van der Waals surface area contributed by atoms with Gasteiger partial charge in [-0.3, -0.25) is 9.47 Å². The van der Waals surface area contributed by atoms with Crippen molar-refractivity contribution in [2.24, 2.45) is 0 Å². The lowest BCUT2D eigenvalue weighted by Crippen LogP contribution is -2.39. The zero-order valence-electron chi connectivity index (χ0n) is 18.0. The fraction of sp³-hybridized carbons (Fsp3) is 0.619. The highest BCUT2D eigenvalue weighted by Gasteiger charge is 2.32. The average molecular weight is 466 g/mol. The molecular formula is C21H31N5O3S2. The lowest BCUT2D eigenvalue weighted by atomic mass is 10.2. The number of benzene rings is 1. The molecule has 8 nitrogen and oxygen atoms in total. The van der Waals surface area contributed by atoms with Crippen molar-refractivity contribution in [1.29, 1.82) is 0 Å². The third kappa shape index (κ3) is 5.36. The summed E-state index contributed by atoms with van der Waals surface area (Å²) in [6, 6.07) is 10.3. The summed E-state index contributed by atoms with van der Waals surface area (Å²) in [7, 11) is -2.95. The largest absolute Gasteiger partial charge is 0.378 e. The third-order valence-electron chi connectivity index (χ3n) is 5.93. The number of morpholine rings is 1. The number of aromatic nitrogens is 3. The van der Waals surface area contributed by atoms with Gasteiger partial charge >= 0.3 is 0 Å². The number of sulfone groups is 1. The standard InChI is InChI=1S/C21H31N5O3S2/c1-2-9-24(19-8-14-31(27,28)16-19)17-26-21(30)25(15-18-6-4-3-5-7-18)20(22-26)23-10-12-29-13-11-23/h3-7,19H,2,8-17H2,1H3. The highest BCUT2D eigenvalue weighted by molar-refractivity contribution is 7.91. The van der Waals surface area contributed by atoms with Crippen LogP contribution in [-0.4, -0.2) is 78.1 Å². The zero-order chi connectivity index (χ0) is 21.8. The highest BCUT2D eigenvalue weighted by atomic mass is 32.2. The van der Waals surface area contributed by atoms with Gasteiger partial charge in [-0.05, 0) is 37.2 Å². The Morgan fingerprint density at radius 3 is 2.61 bits per heavy atom. The molecular weight excluding hydrogens is 434 g/mol. The van der Waals surface area contributed by atoms with E-state index in [4.69, 9.17) is 22.1 Å². The molecule has 3 heterocycles. The van der Waals surface area contributed by atoms with Crippen molar-refractivity contribution in [3.05, 3.63) is 40.7 Å². The van der Waals surface area contributed by atoms with Gasteiger partial charge in [-0.25, -0.2) is 13.1 Å². The Bertz CT molecular complexity index is 1030. The number of nitrogens with zero attached hydrogens (tertiary/aromatic N) is 5. The van der Waals surface area contributed by atoms with Crippen LogP contribution < -0.4 is 4.90 Å². The van der Waals surface area contributed by atoms with E-state index in [9.17, 15) is 8.42 Å². The molecule has 2 aliphatic heterocycles. The average Bonchev–Trinajstić information content (AvgIpc) is 3.29. The third-order valence-corrected chi connectivity index (χ3v) is 8.11. The molecule has 0 bridgehead atoms. The Morgan fingerprint density at radius 2 is 1.97 bits per heavy atom. The monoisotopic (exact) mass is 465 g/mol. The van der Waals surface area contributed by atoms with E-state index in [0.717, 1.165) is 32.0 Å². The maximum atomic E-state index is 12.0. The van der Waals surface area contributed by atoms with Crippen LogP contribution in [0.2, 0.25) is 0 Å². The molecule has 0 saturated carbocycles. The molecule has 1 aromatic carbocycles. The first kappa shape index (κ1) is 22.4. The molecule has 0 spiro atoms. The van der Waals surface area contributed by atoms with E-state index in [-0.39, 0.29) is 17.5 Å². The second-order valence-corrected chi connectivity index (χ2v) is 10.9. The number of rotatable bonds is 8. The lowest BCUT2D eigenvalue weighted by molar-refractivity contribution is 0.121. The predicted octanol–water partition coefficient (Wildman–Crippen LogP) is 2.16. The van der Waals surface area contributed by atoms with Gasteiger partial charge in [-0.1, -0.05) is 37.3 Å². The van der Waals surface area contributed by atoms with Crippen molar-refractivity contribution in [2.45, 2.75) is 39.0 Å². The zero-order valence-corrected chi connectivity index (χ0v) is 19.7. The van der Waals surface area contributed by atoms with Gasteiger partial charge in [0.1, 0.15) is 0 Å². The van der Waals surface area contributed by atoms with E-state index in [1.54, 1.807) is 0 Å². The molecule has 1 atom stereocenters. The van der Waals surface area contributed by atoms with Crippen LogP contribution in [0.5, 0.6) is 0 Å². The molecule has 0 amide bonds. The van der Waals surface area contributed by atoms with Gasteiger partial charge in [0.05, 0.1) is 37.9 Å². The molecule has 0 N–H and O–H groups in total. The van der Waals surface area contributed by atoms with E-state index in [2.05, 4.69) is 33.4 Å². The normalized spacial score (nSPS) is 21.1. The van der Waals surface area contributed by atoms with Crippen molar-refractivity contribution < 1.29 is 13.2 Å². The van der Waals surface area contributed by atoms with E-state index in [1.807, 2.05) is 22.9 Å². The molecule has 2 aromatic rings. The van der Waals surface area contributed by atoms with Crippen molar-refractivity contribution in [3.8, 4) is 0 Å². The molecule has 2 fully saturated rings. The van der Waals surface area contributed by atoms with Crippen molar-refractivity contribution in [2.75, 3.05) is 49.3 Å². The molecule has 2 saturated heterocycles. The second-order valence-electron chi connectivity index (χ2n) is 8.26. The molecule has 2 aliphatic rings. The van der Waals surface area contributed by atoms with E-state index >= 15 is 0 Å². The fourth-order valence-corrected chi connectivity index (χ4v) is 6.32. The minimum Gasteiger partial charge on any atom is -0.378 e. The number of anilines is 1. The van der Waals surface area contributed by atoms with E-state index in [0.29, 0.717) is 37.6 Å². The van der Waals surface area contributed by atoms with Crippen LogP contribution in [0.3, 0.4) is 0 Å². The van der Waals surface area contributed by atoms with Crippen molar-refractivity contribution in [3.63, 3.8) is 0 Å². The van der Waals surface area contributed by atoms with Crippen LogP contribution in [0.4, 0.5) is 5.95 Å². The molecule has 1 unspecified atom stereocenters. The van der Waals surface area contributed by atoms with Crippen molar-refractivity contribution >= 4 is 28.0 Å². The summed E-state index contributed by atoms with van der Waals surface area (Å²) in [4.78, 5) is 4.45. The maximum absolute atomic E-state index is 12.0. The summed E-state index contributed by atoms with van der Waals surface area (Å²) < 4.78 is 34.2. The topological polar surface area (TPSA) is 72.6 Å². The Balaban J connectivity index is 1.64. The molecule has 0 radical (unpaired) electrons. The van der Waals surface area contributed by atoms with Crippen molar-refractivity contribution in [1.82, 2.24) is 19.2 Å². The quantitative estimate of drug-likeness (QED) is 0.553. The van der Waals surface area contributed by atoms with Gasteiger partial charge in [0.2, 0.25) is 10.7 Å². The Kier molecular flexibility index (Phi) is 7.10. The van der Waals surface area contributed by atoms with Crippen LogP contribution in [0.15, 0.2) is 30.3 Å². The summed E-state index contributed by atoms with van der Waals surface area (Å²) in [5, 5.41) is 4.91. The van der Waals surface area contributed by atoms with Gasteiger partial charge in [-0.15, -0.1) is 5.10 Å². The smallest absolute Gasteiger partial charge is 0.226 e. The van der Waals surface area contributed by atoms with Gasteiger partial charge in [0, 0.05) is 19.1 Å². The second kappa shape index (κ2) is 9.81. The lowest BCUT2D eigenvalue weighted by Gasteiger charge is -2.28. The van der Waals surface area contributed by atoms with Gasteiger partial charge in [0.25, 0.3) is 0 Å². The molecule has 0 aliphatic carbocycles. The van der Waals surface area contributed by atoms with Gasteiger partial charge in [-0.2, -0.15) is 0 Å². The number of hydrogen-bond donors (Lipinski definition) is 0. The Hall–Kier alpha value is -1.75. The SMILES string of the molecule is CCCN(Cn1nc(N2CCOCC2)n(Cc2ccccc2)c1=S)C1CCS(=O)(=O)C1. The first-order chi connectivity index (χ1) is 15.0. The predicted molar refractivity (Wildman–Crippen MR) is 124 cm³/mol. The van der Waals surface area contributed by atoms with Crippen LogP contribution in [0.25, 0.3) is 0 Å². The maximum Gasteiger partial charge on any atom is 0.226 e. The molecule has 31 heavy (non-hydrogen) atoms. The van der Waals surface area contributed by atoms with Gasteiger partial charge in [0.15, 0.2) is 9.84 Å². The van der Waals surface area contributed by atoms with E-state index < -0.39 is 9.84 Å². The minimum atomic E-state index is -2.95. The summed E-state index contributed by atoms with van der Waals surface area (Å²) in [6.07, 6.45) is 1.63. The molecule has 1 aromatic heterocycles. The first-order valence-corrected chi connectivity index (χ1v) is 13.2. The summed E-state index contributed by atoms with van der Waals surface area (Å²) in [5.41, 5.74) is 1.17. The first-order valence-electron chi connectivity index (χ1n) is 11.0. The fourth-order valence-electron chi connectivity index (χ4n) is 4.31.